The molecule has 0 amide bonds. The number of aromatic nitrogens is 3. The molecule has 86 valence electrons. The van der Waals surface area contributed by atoms with Gasteiger partial charge in [-0.2, -0.15) is 0 Å². The third kappa shape index (κ3) is 1.52. The minimum Gasteiger partial charge on any atom is -0.326 e. The first kappa shape index (κ1) is 10.9. The van der Waals surface area contributed by atoms with Crippen LogP contribution in [0.5, 0.6) is 0 Å². The third-order valence-electron chi connectivity index (χ3n) is 2.90. The Morgan fingerprint density at radius 1 is 1.50 bits per heavy atom. The van der Waals surface area contributed by atoms with Gasteiger partial charge in [0, 0.05) is 12.2 Å². The number of H-pyrrole nitrogens is 1. The van der Waals surface area contributed by atoms with E-state index in [1.54, 1.807) is 4.57 Å². The van der Waals surface area contributed by atoms with Crippen molar-refractivity contribution < 1.29 is 4.39 Å². The first-order valence-corrected chi connectivity index (χ1v) is 5.42. The van der Waals surface area contributed by atoms with E-state index in [1.165, 1.54) is 12.5 Å². The summed E-state index contributed by atoms with van der Waals surface area (Å²) in [5.41, 5.74) is 0.00200. The van der Waals surface area contributed by atoms with Crippen LogP contribution in [0, 0.1) is 5.82 Å². The van der Waals surface area contributed by atoms with E-state index in [2.05, 4.69) is 9.97 Å². The van der Waals surface area contributed by atoms with Crippen LogP contribution in [0.1, 0.15) is 32.7 Å². The summed E-state index contributed by atoms with van der Waals surface area (Å²) in [5.74, 6) is -0.503. The van der Waals surface area contributed by atoms with Crippen molar-refractivity contribution in [2.45, 2.75) is 32.7 Å². The minimum absolute atomic E-state index is 0.0504. The maximum atomic E-state index is 13.6. The lowest BCUT2D eigenvalue weighted by molar-refractivity contribution is 0.476. The van der Waals surface area contributed by atoms with Gasteiger partial charge in [-0.25, -0.2) is 9.37 Å². The van der Waals surface area contributed by atoms with Gasteiger partial charge in [-0.05, 0) is 12.8 Å². The fourth-order valence-corrected chi connectivity index (χ4v) is 2.01. The van der Waals surface area contributed by atoms with Gasteiger partial charge in [-0.3, -0.25) is 4.79 Å². The summed E-state index contributed by atoms with van der Waals surface area (Å²) < 4.78 is 15.4. The highest BCUT2D eigenvalue weighted by atomic mass is 19.1. The van der Waals surface area contributed by atoms with Gasteiger partial charge in [0.1, 0.15) is 5.39 Å². The van der Waals surface area contributed by atoms with E-state index in [0.717, 1.165) is 12.8 Å². The average Bonchev–Trinajstić information content (AvgIpc) is 2.60. The second-order valence-electron chi connectivity index (χ2n) is 3.78. The standard InChI is InChI=1S/C11H14FN3O/c1-3-7(4-2)15-5-8(12)9-10(15)13-6-14-11(9)16/h5-7H,3-4H2,1-2H3,(H,13,14,16). The molecule has 0 aliphatic carbocycles. The molecule has 0 aliphatic rings. The summed E-state index contributed by atoms with van der Waals surface area (Å²) in [5, 5.41) is 0.0504. The number of aromatic amines is 1. The molecule has 0 bridgehead atoms. The van der Waals surface area contributed by atoms with Crippen LogP contribution in [0.25, 0.3) is 11.0 Å². The van der Waals surface area contributed by atoms with Gasteiger partial charge in [-0.15, -0.1) is 0 Å². The molecule has 0 radical (unpaired) electrons. The highest BCUT2D eigenvalue weighted by Crippen LogP contribution is 2.22. The van der Waals surface area contributed by atoms with Crippen LogP contribution in [-0.2, 0) is 0 Å². The predicted molar refractivity (Wildman–Crippen MR) is 59.9 cm³/mol. The molecule has 2 rings (SSSR count). The highest BCUT2D eigenvalue weighted by Gasteiger charge is 2.16. The van der Waals surface area contributed by atoms with E-state index in [-0.39, 0.29) is 11.4 Å². The summed E-state index contributed by atoms with van der Waals surface area (Å²) in [6.07, 6.45) is 4.44. The predicted octanol–water partition coefficient (Wildman–Crippen LogP) is 2.22. The number of nitrogens with zero attached hydrogens (tertiary/aromatic N) is 2. The van der Waals surface area contributed by atoms with E-state index in [1.807, 2.05) is 13.8 Å². The van der Waals surface area contributed by atoms with Crippen molar-refractivity contribution in [3.05, 3.63) is 28.7 Å². The molecule has 0 saturated carbocycles. The number of nitrogens with one attached hydrogen (secondary N) is 1. The Balaban J connectivity index is 2.73. The van der Waals surface area contributed by atoms with Crippen molar-refractivity contribution in [1.29, 1.82) is 0 Å². The Kier molecular flexibility index (Phi) is 2.77. The number of fused-ring (bicyclic) bond motifs is 1. The lowest BCUT2D eigenvalue weighted by Crippen LogP contribution is -2.10. The molecule has 4 nitrogen and oxygen atoms in total. The Morgan fingerprint density at radius 3 is 2.81 bits per heavy atom. The number of hydrogen-bond donors (Lipinski definition) is 1. The Labute approximate surface area is 92.1 Å². The average molecular weight is 223 g/mol. The van der Waals surface area contributed by atoms with Crippen LogP contribution in [-0.4, -0.2) is 14.5 Å². The van der Waals surface area contributed by atoms with Crippen molar-refractivity contribution in [1.82, 2.24) is 14.5 Å². The maximum absolute atomic E-state index is 13.6. The quantitative estimate of drug-likeness (QED) is 0.867. The Hall–Kier alpha value is -1.65. The molecule has 0 aliphatic heterocycles. The maximum Gasteiger partial charge on any atom is 0.263 e. The van der Waals surface area contributed by atoms with E-state index >= 15 is 0 Å². The van der Waals surface area contributed by atoms with E-state index in [4.69, 9.17) is 0 Å². The molecule has 2 aromatic heterocycles. The number of rotatable bonds is 3. The fraction of sp³-hybridized carbons (Fsp3) is 0.455. The van der Waals surface area contributed by atoms with E-state index in [9.17, 15) is 9.18 Å². The zero-order valence-corrected chi connectivity index (χ0v) is 9.33. The summed E-state index contributed by atoms with van der Waals surface area (Å²) in [7, 11) is 0. The monoisotopic (exact) mass is 223 g/mol. The Morgan fingerprint density at radius 2 is 2.19 bits per heavy atom. The van der Waals surface area contributed by atoms with E-state index < -0.39 is 11.4 Å². The fourth-order valence-electron chi connectivity index (χ4n) is 2.01. The second kappa shape index (κ2) is 4.08. The summed E-state index contributed by atoms with van der Waals surface area (Å²) in [6.45, 7) is 4.07. The highest BCUT2D eigenvalue weighted by molar-refractivity contribution is 5.75. The molecular weight excluding hydrogens is 209 g/mol. The molecule has 0 fully saturated rings. The van der Waals surface area contributed by atoms with E-state index in [0.29, 0.717) is 5.65 Å². The first-order chi connectivity index (χ1) is 7.69. The van der Waals surface area contributed by atoms with Crippen molar-refractivity contribution in [3.63, 3.8) is 0 Å². The van der Waals surface area contributed by atoms with Crippen molar-refractivity contribution in [3.8, 4) is 0 Å². The molecule has 0 spiro atoms. The van der Waals surface area contributed by atoms with Crippen LogP contribution < -0.4 is 5.56 Å². The smallest absolute Gasteiger partial charge is 0.263 e. The Bertz CT molecular complexity index is 554. The summed E-state index contributed by atoms with van der Waals surface area (Å²) >= 11 is 0. The topological polar surface area (TPSA) is 50.7 Å². The largest absolute Gasteiger partial charge is 0.326 e. The van der Waals surface area contributed by atoms with Crippen molar-refractivity contribution in [2.24, 2.45) is 0 Å². The first-order valence-electron chi connectivity index (χ1n) is 5.42. The zero-order chi connectivity index (χ0) is 11.7. The van der Waals surface area contributed by atoms with Gasteiger partial charge in [0.25, 0.3) is 5.56 Å². The van der Waals surface area contributed by atoms with Gasteiger partial charge in [0.05, 0.1) is 6.33 Å². The molecule has 0 atom stereocenters. The van der Waals surface area contributed by atoms with Crippen LogP contribution >= 0.6 is 0 Å². The van der Waals surface area contributed by atoms with Gasteiger partial charge < -0.3 is 9.55 Å². The molecule has 0 aromatic carbocycles. The molecular formula is C11H14FN3O. The lowest BCUT2D eigenvalue weighted by Gasteiger charge is -2.14. The van der Waals surface area contributed by atoms with Crippen LogP contribution in [0.15, 0.2) is 17.3 Å². The molecule has 1 N–H and O–H groups in total. The van der Waals surface area contributed by atoms with Gasteiger partial charge in [0.2, 0.25) is 0 Å². The molecule has 16 heavy (non-hydrogen) atoms. The number of halogens is 1. The molecule has 0 unspecified atom stereocenters. The third-order valence-corrected chi connectivity index (χ3v) is 2.90. The summed E-state index contributed by atoms with van der Waals surface area (Å²) in [6, 6.07) is 0.182. The van der Waals surface area contributed by atoms with Gasteiger partial charge in [-0.1, -0.05) is 13.8 Å². The minimum atomic E-state index is -0.503. The lowest BCUT2D eigenvalue weighted by atomic mass is 10.2. The second-order valence-corrected chi connectivity index (χ2v) is 3.78. The normalized spacial score (nSPS) is 11.5. The van der Waals surface area contributed by atoms with Crippen LogP contribution in [0.3, 0.4) is 0 Å². The molecule has 2 aromatic rings. The van der Waals surface area contributed by atoms with Gasteiger partial charge >= 0.3 is 0 Å². The van der Waals surface area contributed by atoms with Crippen molar-refractivity contribution >= 4 is 11.0 Å². The van der Waals surface area contributed by atoms with Crippen LogP contribution in [0.4, 0.5) is 4.39 Å². The number of hydrogen-bond acceptors (Lipinski definition) is 2. The molecule has 5 heteroatoms. The summed E-state index contributed by atoms with van der Waals surface area (Å²) in [4.78, 5) is 17.9. The SMILES string of the molecule is CCC(CC)n1cc(F)c2c(=O)[nH]cnc21. The van der Waals surface area contributed by atoms with Crippen molar-refractivity contribution in [2.75, 3.05) is 0 Å². The van der Waals surface area contributed by atoms with Crippen LogP contribution in [0.2, 0.25) is 0 Å². The molecule has 2 heterocycles. The molecule has 0 saturated heterocycles. The zero-order valence-electron chi connectivity index (χ0n) is 9.33. The van der Waals surface area contributed by atoms with Gasteiger partial charge in [0.15, 0.2) is 11.5 Å².